The number of carbonyl (C=O) groups excluding carboxylic acids is 1. The van der Waals surface area contributed by atoms with Crippen LogP contribution in [0.4, 0.5) is 4.39 Å². The zero-order valence-corrected chi connectivity index (χ0v) is 15.9. The zero-order valence-electron chi connectivity index (χ0n) is 15.9. The fourth-order valence-corrected chi connectivity index (χ4v) is 3.74. The molecule has 1 saturated carbocycles. The molecule has 0 saturated heterocycles. The highest BCUT2D eigenvalue weighted by atomic mass is 19.1. The van der Waals surface area contributed by atoms with Crippen molar-refractivity contribution in [2.75, 3.05) is 6.61 Å². The fraction of sp³-hybridized carbons (Fsp3) is 0.318. The summed E-state index contributed by atoms with van der Waals surface area (Å²) in [6.45, 7) is -0.145. The third-order valence-electron chi connectivity index (χ3n) is 5.22. The van der Waals surface area contributed by atoms with Gasteiger partial charge in [-0.3, -0.25) is 9.59 Å². The van der Waals surface area contributed by atoms with E-state index in [4.69, 9.17) is 4.74 Å². The van der Waals surface area contributed by atoms with Crippen LogP contribution in [-0.4, -0.2) is 22.3 Å². The molecule has 1 heterocycles. The molecule has 0 spiro atoms. The number of aromatic nitrogens is 2. The first kappa shape index (κ1) is 19.1. The Morgan fingerprint density at radius 3 is 2.55 bits per heavy atom. The summed E-state index contributed by atoms with van der Waals surface area (Å²) in [6, 6.07) is 13.3. The second-order valence-electron chi connectivity index (χ2n) is 7.18. The number of fused-ring (bicyclic) bond motifs is 1. The van der Waals surface area contributed by atoms with Gasteiger partial charge in [-0.2, -0.15) is 5.10 Å². The van der Waals surface area contributed by atoms with Gasteiger partial charge in [0.05, 0.1) is 23.7 Å². The molecule has 6 nitrogen and oxygen atoms in total. The van der Waals surface area contributed by atoms with E-state index in [0.29, 0.717) is 11.1 Å². The van der Waals surface area contributed by atoms with Crippen molar-refractivity contribution >= 4 is 16.7 Å². The highest BCUT2D eigenvalue weighted by Crippen LogP contribution is 2.28. The Bertz CT molecular complexity index is 1090. The summed E-state index contributed by atoms with van der Waals surface area (Å²) in [5.41, 5.74) is 0.539. The Balaban J connectivity index is 1.51. The Morgan fingerprint density at radius 1 is 1.10 bits per heavy atom. The van der Waals surface area contributed by atoms with E-state index >= 15 is 0 Å². The van der Waals surface area contributed by atoms with Gasteiger partial charge >= 0.3 is 0 Å². The van der Waals surface area contributed by atoms with Crippen LogP contribution in [0.1, 0.15) is 37.4 Å². The number of nitrogens with zero attached hydrogens (tertiary/aromatic N) is 2. The lowest BCUT2D eigenvalue weighted by Gasteiger charge is -2.16. The molecule has 3 aromatic rings. The minimum atomic E-state index is -0.517. The molecule has 7 heteroatoms. The third-order valence-corrected chi connectivity index (χ3v) is 5.22. The number of hydrogen-bond acceptors (Lipinski definition) is 4. The largest absolute Gasteiger partial charge is 0.481 e. The summed E-state index contributed by atoms with van der Waals surface area (Å²) in [5, 5.41) is 8.65. The molecule has 4 rings (SSSR count). The summed E-state index contributed by atoms with van der Waals surface area (Å²) in [7, 11) is 0. The maximum atomic E-state index is 13.6. The quantitative estimate of drug-likeness (QED) is 0.695. The van der Waals surface area contributed by atoms with Crippen molar-refractivity contribution in [2.45, 2.75) is 38.3 Å². The average molecular weight is 395 g/mol. The van der Waals surface area contributed by atoms with Crippen LogP contribution in [-0.2, 0) is 11.3 Å². The van der Waals surface area contributed by atoms with Crippen molar-refractivity contribution < 1.29 is 13.9 Å². The molecule has 2 aromatic carbocycles. The van der Waals surface area contributed by atoms with Gasteiger partial charge in [-0.1, -0.05) is 43.2 Å². The van der Waals surface area contributed by atoms with Crippen LogP contribution in [0.2, 0.25) is 0 Å². The van der Waals surface area contributed by atoms with E-state index in [0.717, 1.165) is 31.1 Å². The molecule has 0 atom stereocenters. The molecule has 0 unspecified atom stereocenters. The Labute approximate surface area is 167 Å². The number of benzene rings is 2. The lowest BCUT2D eigenvalue weighted by Crippen LogP contribution is -2.32. The average Bonchev–Trinajstić information content (AvgIpc) is 3.27. The van der Waals surface area contributed by atoms with Gasteiger partial charge in [0.2, 0.25) is 0 Å². The number of para-hydroxylation sites is 1. The number of nitrogens with one attached hydrogen (secondary N) is 1. The Hall–Kier alpha value is -3.22. The van der Waals surface area contributed by atoms with E-state index in [1.54, 1.807) is 22.9 Å². The molecule has 1 amide bonds. The van der Waals surface area contributed by atoms with Crippen LogP contribution in [0.15, 0.2) is 53.3 Å². The number of amides is 1. The molecule has 1 aromatic heterocycles. The predicted molar refractivity (Wildman–Crippen MR) is 107 cm³/mol. The van der Waals surface area contributed by atoms with E-state index in [1.807, 2.05) is 18.2 Å². The molecule has 1 N–H and O–H groups in total. The van der Waals surface area contributed by atoms with Crippen molar-refractivity contribution in [3.8, 4) is 5.75 Å². The van der Waals surface area contributed by atoms with Crippen LogP contribution in [0, 0.1) is 5.82 Å². The first-order valence-corrected chi connectivity index (χ1v) is 9.78. The molecule has 29 heavy (non-hydrogen) atoms. The highest BCUT2D eigenvalue weighted by molar-refractivity contribution is 5.84. The van der Waals surface area contributed by atoms with E-state index in [9.17, 15) is 14.0 Å². The topological polar surface area (TPSA) is 73.2 Å². The lowest BCUT2D eigenvalue weighted by molar-refractivity contribution is -0.123. The smallest absolute Gasteiger partial charge is 0.274 e. The molecule has 0 aliphatic heterocycles. The summed E-state index contributed by atoms with van der Waals surface area (Å²) < 4.78 is 20.4. The first-order chi connectivity index (χ1) is 14.1. The van der Waals surface area contributed by atoms with Crippen molar-refractivity contribution in [3.05, 3.63) is 70.4 Å². The SMILES string of the molecule is O=C(COc1ccccc1F)NCc1nn(C2CCCC2)c(=O)c2ccccc12. The molecular formula is C22H22FN3O3. The van der Waals surface area contributed by atoms with Gasteiger partial charge in [-0.15, -0.1) is 0 Å². The number of hydrogen-bond donors (Lipinski definition) is 1. The molecule has 0 radical (unpaired) electrons. The van der Waals surface area contributed by atoms with E-state index in [1.165, 1.54) is 12.1 Å². The van der Waals surface area contributed by atoms with Gasteiger partial charge in [-0.05, 0) is 31.0 Å². The lowest BCUT2D eigenvalue weighted by atomic mass is 10.1. The maximum Gasteiger partial charge on any atom is 0.274 e. The second-order valence-corrected chi connectivity index (χ2v) is 7.18. The summed E-state index contributed by atoms with van der Waals surface area (Å²) in [6.07, 6.45) is 4.05. The standard InChI is InChI=1S/C22H22FN3O3/c23-18-11-5-6-12-20(18)29-14-21(27)24-13-19-16-9-3-4-10-17(16)22(28)26(25-19)15-7-1-2-8-15/h3-6,9-12,15H,1-2,7-8,13-14H2,(H,24,27). The van der Waals surface area contributed by atoms with E-state index < -0.39 is 11.7 Å². The van der Waals surface area contributed by atoms with Gasteiger partial charge in [0.15, 0.2) is 18.2 Å². The fourth-order valence-electron chi connectivity index (χ4n) is 3.74. The Kier molecular flexibility index (Phi) is 5.55. The number of halogens is 1. The summed E-state index contributed by atoms with van der Waals surface area (Å²) in [4.78, 5) is 25.0. The van der Waals surface area contributed by atoms with Crippen LogP contribution in [0.5, 0.6) is 5.75 Å². The number of carbonyl (C=O) groups is 1. The van der Waals surface area contributed by atoms with Crippen LogP contribution in [0.3, 0.4) is 0 Å². The maximum absolute atomic E-state index is 13.6. The molecule has 150 valence electrons. The van der Waals surface area contributed by atoms with Gasteiger partial charge in [0, 0.05) is 5.39 Å². The monoisotopic (exact) mass is 395 g/mol. The number of ether oxygens (including phenoxy) is 1. The van der Waals surface area contributed by atoms with Gasteiger partial charge in [0.25, 0.3) is 11.5 Å². The first-order valence-electron chi connectivity index (χ1n) is 9.78. The predicted octanol–water partition coefficient (Wildman–Crippen LogP) is 3.35. The minimum absolute atomic E-state index is 0.0287. The normalized spacial score (nSPS) is 14.2. The van der Waals surface area contributed by atoms with Gasteiger partial charge in [-0.25, -0.2) is 9.07 Å². The van der Waals surface area contributed by atoms with Crippen molar-refractivity contribution in [1.29, 1.82) is 0 Å². The summed E-state index contributed by atoms with van der Waals surface area (Å²) in [5.74, 6) is -0.879. The van der Waals surface area contributed by atoms with Gasteiger partial charge in [0.1, 0.15) is 0 Å². The van der Waals surface area contributed by atoms with E-state index in [2.05, 4.69) is 10.4 Å². The zero-order chi connectivity index (χ0) is 20.2. The minimum Gasteiger partial charge on any atom is -0.481 e. The molecule has 1 fully saturated rings. The molecule has 1 aliphatic carbocycles. The number of rotatable bonds is 6. The molecule has 1 aliphatic rings. The van der Waals surface area contributed by atoms with Crippen molar-refractivity contribution in [3.63, 3.8) is 0 Å². The van der Waals surface area contributed by atoms with Crippen molar-refractivity contribution in [2.24, 2.45) is 0 Å². The highest BCUT2D eigenvalue weighted by Gasteiger charge is 2.21. The van der Waals surface area contributed by atoms with Crippen LogP contribution < -0.4 is 15.6 Å². The molecule has 0 bridgehead atoms. The van der Waals surface area contributed by atoms with E-state index in [-0.39, 0.29) is 30.5 Å². The van der Waals surface area contributed by atoms with Gasteiger partial charge < -0.3 is 10.1 Å². The van der Waals surface area contributed by atoms with Crippen LogP contribution in [0.25, 0.3) is 10.8 Å². The third kappa shape index (κ3) is 4.13. The second kappa shape index (κ2) is 8.43. The summed E-state index contributed by atoms with van der Waals surface area (Å²) >= 11 is 0. The molecular weight excluding hydrogens is 373 g/mol. The van der Waals surface area contributed by atoms with Crippen LogP contribution >= 0.6 is 0 Å². The van der Waals surface area contributed by atoms with Crippen molar-refractivity contribution in [1.82, 2.24) is 15.1 Å². The Morgan fingerprint density at radius 2 is 1.79 bits per heavy atom.